The molecule has 54 valence electrons. The molecule has 0 spiro atoms. The standard InChI is InChI=1S/C7H9NO2/c9-7-8-6-3-1-2-5(6)4-10-7/h3,5H,1-2,4H2,(H,8,9)/t5-/m1/s1. The van der Waals surface area contributed by atoms with Crippen LogP contribution in [0.2, 0.25) is 0 Å². The van der Waals surface area contributed by atoms with Crippen molar-refractivity contribution in [1.29, 1.82) is 0 Å². The molecular weight excluding hydrogens is 130 g/mol. The van der Waals surface area contributed by atoms with Gasteiger partial charge in [-0.25, -0.2) is 4.79 Å². The van der Waals surface area contributed by atoms with Crippen LogP contribution in [-0.2, 0) is 4.74 Å². The maximum atomic E-state index is 10.6. The van der Waals surface area contributed by atoms with Gasteiger partial charge in [0, 0.05) is 11.6 Å². The average molecular weight is 139 g/mol. The third-order valence-electron chi connectivity index (χ3n) is 1.98. The van der Waals surface area contributed by atoms with E-state index in [0.717, 1.165) is 18.5 Å². The summed E-state index contributed by atoms with van der Waals surface area (Å²) in [6.07, 6.45) is 3.97. The molecule has 0 saturated carbocycles. The molecule has 0 aromatic rings. The van der Waals surface area contributed by atoms with Gasteiger partial charge in [0.05, 0.1) is 0 Å². The molecule has 1 N–H and O–H groups in total. The second kappa shape index (κ2) is 2.01. The van der Waals surface area contributed by atoms with Gasteiger partial charge in [0.15, 0.2) is 0 Å². The molecule has 0 radical (unpaired) electrons. The van der Waals surface area contributed by atoms with E-state index in [1.807, 2.05) is 0 Å². The molecule has 1 fully saturated rings. The SMILES string of the molecule is O=C1NC2=CCC[C@@H]2CO1. The largest absolute Gasteiger partial charge is 0.449 e. The molecule has 2 aliphatic rings. The highest BCUT2D eigenvalue weighted by Gasteiger charge is 2.26. The first-order chi connectivity index (χ1) is 4.86. The minimum atomic E-state index is -0.301. The van der Waals surface area contributed by atoms with Crippen LogP contribution in [-0.4, -0.2) is 12.7 Å². The van der Waals surface area contributed by atoms with Gasteiger partial charge < -0.3 is 4.74 Å². The molecule has 0 aromatic carbocycles. The van der Waals surface area contributed by atoms with Gasteiger partial charge >= 0.3 is 6.09 Å². The van der Waals surface area contributed by atoms with Gasteiger partial charge in [0.25, 0.3) is 0 Å². The van der Waals surface area contributed by atoms with Crippen molar-refractivity contribution in [1.82, 2.24) is 5.32 Å². The molecule has 0 unspecified atom stereocenters. The highest BCUT2D eigenvalue weighted by molar-refractivity contribution is 5.71. The topological polar surface area (TPSA) is 38.3 Å². The lowest BCUT2D eigenvalue weighted by atomic mass is 10.1. The minimum absolute atomic E-state index is 0.301. The summed E-state index contributed by atoms with van der Waals surface area (Å²) in [5, 5.41) is 2.68. The Morgan fingerprint density at radius 2 is 2.60 bits per heavy atom. The normalized spacial score (nSPS) is 30.2. The average Bonchev–Trinajstić information content (AvgIpc) is 2.33. The van der Waals surface area contributed by atoms with E-state index in [9.17, 15) is 4.79 Å². The zero-order valence-electron chi connectivity index (χ0n) is 5.59. The van der Waals surface area contributed by atoms with Crippen LogP contribution in [0.5, 0.6) is 0 Å². The Morgan fingerprint density at radius 1 is 1.70 bits per heavy atom. The lowest BCUT2D eigenvalue weighted by Crippen LogP contribution is -2.34. The molecule has 1 saturated heterocycles. The van der Waals surface area contributed by atoms with Crippen LogP contribution in [0.3, 0.4) is 0 Å². The maximum Gasteiger partial charge on any atom is 0.411 e. The van der Waals surface area contributed by atoms with Gasteiger partial charge in [-0.3, -0.25) is 5.32 Å². The van der Waals surface area contributed by atoms with Crippen LogP contribution >= 0.6 is 0 Å². The minimum Gasteiger partial charge on any atom is -0.449 e. The van der Waals surface area contributed by atoms with E-state index in [1.54, 1.807) is 0 Å². The highest BCUT2D eigenvalue weighted by atomic mass is 16.6. The van der Waals surface area contributed by atoms with Gasteiger partial charge in [0.1, 0.15) is 6.61 Å². The van der Waals surface area contributed by atoms with Crippen molar-refractivity contribution in [3.8, 4) is 0 Å². The number of hydrogen-bond acceptors (Lipinski definition) is 2. The van der Waals surface area contributed by atoms with Crippen LogP contribution in [0.15, 0.2) is 11.8 Å². The van der Waals surface area contributed by atoms with Gasteiger partial charge in [-0.15, -0.1) is 0 Å². The van der Waals surface area contributed by atoms with Crippen LogP contribution in [0.4, 0.5) is 4.79 Å². The van der Waals surface area contributed by atoms with E-state index >= 15 is 0 Å². The Kier molecular flexibility index (Phi) is 1.16. The quantitative estimate of drug-likeness (QED) is 0.544. The third kappa shape index (κ3) is 0.781. The second-order valence-electron chi connectivity index (χ2n) is 2.66. The number of fused-ring (bicyclic) bond motifs is 1. The first-order valence-corrected chi connectivity index (χ1v) is 3.50. The van der Waals surface area contributed by atoms with E-state index in [-0.39, 0.29) is 6.09 Å². The predicted octanol–water partition coefficient (Wildman–Crippen LogP) is 1.02. The van der Waals surface area contributed by atoms with Crippen molar-refractivity contribution >= 4 is 6.09 Å². The molecule has 1 amide bonds. The van der Waals surface area contributed by atoms with Crippen molar-refractivity contribution < 1.29 is 9.53 Å². The number of rotatable bonds is 0. The van der Waals surface area contributed by atoms with Crippen LogP contribution in [0.1, 0.15) is 12.8 Å². The Morgan fingerprint density at radius 3 is 3.50 bits per heavy atom. The van der Waals surface area contributed by atoms with E-state index in [2.05, 4.69) is 11.4 Å². The highest BCUT2D eigenvalue weighted by Crippen LogP contribution is 2.26. The predicted molar refractivity (Wildman–Crippen MR) is 35.3 cm³/mol. The smallest absolute Gasteiger partial charge is 0.411 e. The van der Waals surface area contributed by atoms with E-state index in [4.69, 9.17) is 4.74 Å². The summed E-state index contributed by atoms with van der Waals surface area (Å²) in [6, 6.07) is 0. The fourth-order valence-electron chi connectivity index (χ4n) is 1.42. The Balaban J connectivity index is 2.14. The van der Waals surface area contributed by atoms with Crippen molar-refractivity contribution in [2.24, 2.45) is 5.92 Å². The van der Waals surface area contributed by atoms with E-state index < -0.39 is 0 Å². The van der Waals surface area contributed by atoms with Gasteiger partial charge in [0.2, 0.25) is 0 Å². The summed E-state index contributed by atoms with van der Waals surface area (Å²) in [7, 11) is 0. The Bertz CT molecular complexity index is 198. The van der Waals surface area contributed by atoms with Crippen LogP contribution < -0.4 is 5.32 Å². The summed E-state index contributed by atoms with van der Waals surface area (Å²) in [4.78, 5) is 10.6. The molecule has 3 heteroatoms. The summed E-state index contributed by atoms with van der Waals surface area (Å²) in [5.41, 5.74) is 1.07. The molecule has 1 atom stereocenters. The van der Waals surface area contributed by atoms with E-state index in [0.29, 0.717) is 12.5 Å². The Hall–Kier alpha value is -0.990. The van der Waals surface area contributed by atoms with Gasteiger partial charge in [-0.05, 0) is 12.8 Å². The lowest BCUT2D eigenvalue weighted by Gasteiger charge is -2.21. The van der Waals surface area contributed by atoms with Crippen molar-refractivity contribution in [3.63, 3.8) is 0 Å². The summed E-state index contributed by atoms with van der Waals surface area (Å²) < 4.78 is 4.80. The van der Waals surface area contributed by atoms with Gasteiger partial charge in [-0.2, -0.15) is 0 Å². The molecule has 0 aromatic heterocycles. The number of allylic oxidation sites excluding steroid dienone is 1. The third-order valence-corrected chi connectivity index (χ3v) is 1.98. The summed E-state index contributed by atoms with van der Waals surface area (Å²) in [5.74, 6) is 0.456. The molecule has 2 rings (SSSR count). The number of hydrogen-bond donors (Lipinski definition) is 1. The van der Waals surface area contributed by atoms with Crippen molar-refractivity contribution in [2.75, 3.05) is 6.61 Å². The molecular formula is C7H9NO2. The number of carbonyl (C=O) groups is 1. The first kappa shape index (κ1) is 5.77. The summed E-state index contributed by atoms with van der Waals surface area (Å²) >= 11 is 0. The van der Waals surface area contributed by atoms with Crippen molar-refractivity contribution in [2.45, 2.75) is 12.8 Å². The fraction of sp³-hybridized carbons (Fsp3) is 0.571. The fourth-order valence-corrected chi connectivity index (χ4v) is 1.42. The first-order valence-electron chi connectivity index (χ1n) is 3.50. The number of amides is 1. The molecule has 3 nitrogen and oxygen atoms in total. The Labute approximate surface area is 59.1 Å². The number of alkyl carbamates (subject to hydrolysis) is 1. The molecule has 1 aliphatic heterocycles. The number of carbonyl (C=O) groups excluding carboxylic acids is 1. The number of cyclic esters (lactones) is 1. The van der Waals surface area contributed by atoms with E-state index in [1.165, 1.54) is 0 Å². The number of nitrogens with one attached hydrogen (secondary N) is 1. The maximum absolute atomic E-state index is 10.6. The molecule has 10 heavy (non-hydrogen) atoms. The molecule has 1 aliphatic carbocycles. The molecule has 1 heterocycles. The zero-order chi connectivity index (χ0) is 6.97. The van der Waals surface area contributed by atoms with Gasteiger partial charge in [-0.1, -0.05) is 6.08 Å². The zero-order valence-corrected chi connectivity index (χ0v) is 5.59. The number of ether oxygens (including phenoxy) is 1. The molecule has 0 bridgehead atoms. The van der Waals surface area contributed by atoms with Crippen LogP contribution in [0.25, 0.3) is 0 Å². The summed E-state index contributed by atoms with van der Waals surface area (Å²) in [6.45, 7) is 0.567. The second-order valence-corrected chi connectivity index (χ2v) is 2.66. The van der Waals surface area contributed by atoms with Crippen molar-refractivity contribution in [3.05, 3.63) is 11.8 Å². The van der Waals surface area contributed by atoms with Crippen LogP contribution in [0, 0.1) is 5.92 Å². The monoisotopic (exact) mass is 139 g/mol. The lowest BCUT2D eigenvalue weighted by molar-refractivity contribution is 0.118.